The van der Waals surface area contributed by atoms with Crippen LogP contribution in [0.2, 0.25) is 0 Å². The molecule has 0 aliphatic heterocycles. The van der Waals surface area contributed by atoms with E-state index in [2.05, 4.69) is 13.5 Å². The fraction of sp³-hybridized carbons (Fsp3) is 0.875. The van der Waals surface area contributed by atoms with Gasteiger partial charge in [-0.2, -0.15) is 8.42 Å². The third kappa shape index (κ3) is 38.2. The molecule has 0 fully saturated rings. The van der Waals surface area contributed by atoms with Gasteiger partial charge in [-0.15, -0.1) is 6.58 Å². The average Bonchev–Trinajstić information content (AvgIpc) is 2.38. The van der Waals surface area contributed by atoms with Crippen LogP contribution in [0.4, 0.5) is 0 Å². The molecule has 0 bridgehead atoms. The lowest BCUT2D eigenvalue weighted by molar-refractivity contribution is 0.381. The Balaban J connectivity index is 0. The lowest BCUT2D eigenvalue weighted by atomic mass is 10.0. The molecule has 0 heterocycles. The highest BCUT2D eigenvalue weighted by Crippen LogP contribution is 2.12. The summed E-state index contributed by atoms with van der Waals surface area (Å²) in [6.07, 6.45) is 20.5. The number of unbranched alkanes of at least 4 members (excludes halogenated alkanes) is 12. The summed E-state index contributed by atoms with van der Waals surface area (Å²) in [5, 5.41) is 0. The summed E-state index contributed by atoms with van der Waals surface area (Å²) in [4.78, 5) is 0. The summed E-state index contributed by atoms with van der Waals surface area (Å²) >= 11 is 0. The molecule has 0 spiro atoms. The van der Waals surface area contributed by atoms with Crippen molar-refractivity contribution in [3.63, 3.8) is 0 Å². The third-order valence-electron chi connectivity index (χ3n) is 3.26. The zero-order valence-electron chi connectivity index (χ0n) is 13.6. The van der Waals surface area contributed by atoms with Gasteiger partial charge in [0.2, 0.25) is 0 Å². The highest BCUT2D eigenvalue weighted by molar-refractivity contribution is 7.79. The second-order valence-corrected chi connectivity index (χ2v) is 6.31. The average molecular weight is 323 g/mol. The predicted molar refractivity (Wildman–Crippen MR) is 90.1 cm³/mol. The predicted octanol–water partition coefficient (Wildman–Crippen LogP) is 5.61. The Kier molecular flexibility index (Phi) is 19.2. The van der Waals surface area contributed by atoms with E-state index in [-0.39, 0.29) is 0 Å². The van der Waals surface area contributed by atoms with Gasteiger partial charge in [0.15, 0.2) is 0 Å². The topological polar surface area (TPSA) is 74.6 Å². The fourth-order valence-corrected chi connectivity index (χ4v) is 2.13. The largest absolute Gasteiger partial charge is 0.394 e. The van der Waals surface area contributed by atoms with Crippen LogP contribution in [0.25, 0.3) is 0 Å². The molecule has 0 aliphatic carbocycles. The van der Waals surface area contributed by atoms with E-state index in [4.69, 9.17) is 17.5 Å². The zero-order chi connectivity index (χ0) is 16.4. The van der Waals surface area contributed by atoms with Crippen LogP contribution in [0.1, 0.15) is 90.4 Å². The molecule has 5 heteroatoms. The van der Waals surface area contributed by atoms with E-state index in [0.717, 1.165) is 0 Å². The van der Waals surface area contributed by atoms with Gasteiger partial charge in [0.1, 0.15) is 0 Å². The minimum absolute atomic E-state index is 1.21. The van der Waals surface area contributed by atoms with Crippen molar-refractivity contribution in [3.05, 3.63) is 12.7 Å². The van der Waals surface area contributed by atoms with Crippen molar-refractivity contribution in [2.45, 2.75) is 90.4 Å². The lowest BCUT2D eigenvalue weighted by Crippen LogP contribution is -1.89. The molecule has 21 heavy (non-hydrogen) atoms. The van der Waals surface area contributed by atoms with E-state index < -0.39 is 10.4 Å². The van der Waals surface area contributed by atoms with Crippen molar-refractivity contribution in [2.24, 2.45) is 0 Å². The van der Waals surface area contributed by atoms with Gasteiger partial charge < -0.3 is 0 Å². The van der Waals surface area contributed by atoms with Crippen molar-refractivity contribution in [2.75, 3.05) is 0 Å². The first-order valence-corrected chi connectivity index (χ1v) is 9.62. The number of rotatable bonds is 13. The third-order valence-corrected chi connectivity index (χ3v) is 3.26. The molecule has 0 aromatic heterocycles. The first kappa shape index (κ1) is 22.9. The molecule has 2 N–H and O–H groups in total. The van der Waals surface area contributed by atoms with Crippen LogP contribution in [-0.4, -0.2) is 17.5 Å². The van der Waals surface area contributed by atoms with Gasteiger partial charge in [-0.3, -0.25) is 9.11 Å². The Morgan fingerprint density at radius 1 is 0.762 bits per heavy atom. The van der Waals surface area contributed by atoms with Gasteiger partial charge in [0.05, 0.1) is 0 Å². The number of hydrogen-bond acceptors (Lipinski definition) is 2. The molecule has 0 aromatic rings. The van der Waals surface area contributed by atoms with Crippen LogP contribution in [-0.2, 0) is 10.4 Å². The Labute approximate surface area is 131 Å². The summed E-state index contributed by atoms with van der Waals surface area (Å²) in [6, 6.07) is 0. The zero-order valence-corrected chi connectivity index (χ0v) is 14.4. The standard InChI is InChI=1S/C16H32.H2O4S/c1-3-5-7-9-11-13-15-16-14-12-10-8-6-4-2;1-5(2,3)4/h3H,1,4-16H2,2H3;(H2,1,2,3,4). The Hall–Kier alpha value is -0.390. The van der Waals surface area contributed by atoms with Crippen molar-refractivity contribution in [3.8, 4) is 0 Å². The summed E-state index contributed by atoms with van der Waals surface area (Å²) in [5.74, 6) is 0. The van der Waals surface area contributed by atoms with Crippen LogP contribution >= 0.6 is 0 Å². The molecule has 0 rings (SSSR count). The number of allylic oxidation sites excluding steroid dienone is 1. The fourth-order valence-electron chi connectivity index (χ4n) is 2.13. The highest BCUT2D eigenvalue weighted by atomic mass is 32.3. The maximum absolute atomic E-state index is 8.74. The van der Waals surface area contributed by atoms with E-state index in [1.807, 2.05) is 6.08 Å². The first-order chi connectivity index (χ1) is 9.91. The smallest absolute Gasteiger partial charge is 0.264 e. The van der Waals surface area contributed by atoms with Crippen LogP contribution in [0.3, 0.4) is 0 Å². The molecule has 0 saturated heterocycles. The van der Waals surface area contributed by atoms with Gasteiger partial charge in [-0.25, -0.2) is 0 Å². The minimum atomic E-state index is -4.67. The Morgan fingerprint density at radius 2 is 1.05 bits per heavy atom. The summed E-state index contributed by atoms with van der Waals surface area (Å²) in [5.41, 5.74) is 0. The Morgan fingerprint density at radius 3 is 1.33 bits per heavy atom. The van der Waals surface area contributed by atoms with E-state index in [1.54, 1.807) is 0 Å². The van der Waals surface area contributed by atoms with Gasteiger partial charge in [-0.1, -0.05) is 83.6 Å². The molecule has 0 radical (unpaired) electrons. The lowest BCUT2D eigenvalue weighted by Gasteiger charge is -2.02. The van der Waals surface area contributed by atoms with Gasteiger partial charge >= 0.3 is 10.4 Å². The van der Waals surface area contributed by atoms with Crippen molar-refractivity contribution >= 4 is 10.4 Å². The molecule has 0 unspecified atom stereocenters. The molecule has 128 valence electrons. The Bertz CT molecular complexity index is 291. The van der Waals surface area contributed by atoms with Crippen molar-refractivity contribution in [1.29, 1.82) is 0 Å². The summed E-state index contributed by atoms with van der Waals surface area (Å²) in [7, 11) is -4.67. The van der Waals surface area contributed by atoms with Crippen LogP contribution in [0.15, 0.2) is 12.7 Å². The van der Waals surface area contributed by atoms with Crippen LogP contribution in [0, 0.1) is 0 Å². The second-order valence-electron chi connectivity index (χ2n) is 5.41. The van der Waals surface area contributed by atoms with E-state index >= 15 is 0 Å². The van der Waals surface area contributed by atoms with E-state index in [0.29, 0.717) is 0 Å². The van der Waals surface area contributed by atoms with Gasteiger partial charge in [0.25, 0.3) is 0 Å². The monoisotopic (exact) mass is 322 g/mol. The maximum atomic E-state index is 8.74. The molecular formula is C16H34O4S. The van der Waals surface area contributed by atoms with Crippen molar-refractivity contribution in [1.82, 2.24) is 0 Å². The SMILES string of the molecule is C=CCCCCCCCCCCCCCC.O=S(=O)(O)O. The molecule has 0 aliphatic rings. The molecule has 0 amide bonds. The summed E-state index contributed by atoms with van der Waals surface area (Å²) in [6.45, 7) is 6.03. The van der Waals surface area contributed by atoms with Gasteiger partial charge in [0, 0.05) is 0 Å². The van der Waals surface area contributed by atoms with Crippen LogP contribution in [0.5, 0.6) is 0 Å². The highest BCUT2D eigenvalue weighted by Gasteiger charge is 1.92. The van der Waals surface area contributed by atoms with E-state index in [9.17, 15) is 0 Å². The molecule has 4 nitrogen and oxygen atoms in total. The van der Waals surface area contributed by atoms with E-state index in [1.165, 1.54) is 83.5 Å². The molecule has 0 aromatic carbocycles. The molecular weight excluding hydrogens is 288 g/mol. The van der Waals surface area contributed by atoms with Gasteiger partial charge in [-0.05, 0) is 12.8 Å². The summed E-state index contributed by atoms with van der Waals surface area (Å²) < 4.78 is 31.6. The second kappa shape index (κ2) is 17.7. The minimum Gasteiger partial charge on any atom is -0.264 e. The molecule has 0 saturated carbocycles. The van der Waals surface area contributed by atoms with Crippen molar-refractivity contribution < 1.29 is 17.5 Å². The molecule has 0 atom stereocenters. The maximum Gasteiger partial charge on any atom is 0.394 e. The van der Waals surface area contributed by atoms with Crippen LogP contribution < -0.4 is 0 Å². The quantitative estimate of drug-likeness (QED) is 0.262. The normalized spacial score (nSPS) is 10.8. The first-order valence-electron chi connectivity index (χ1n) is 8.22. The number of hydrogen-bond donors (Lipinski definition) is 2.